The first-order chi connectivity index (χ1) is 11.6. The normalized spacial score (nSPS) is 17.8. The fraction of sp³-hybridized carbons (Fsp3) is 0.500. The third-order valence-electron chi connectivity index (χ3n) is 4.28. The fourth-order valence-corrected chi connectivity index (χ4v) is 3.91. The van der Waals surface area contributed by atoms with Gasteiger partial charge in [-0.15, -0.1) is 11.3 Å². The molecule has 1 aromatic heterocycles. The van der Waals surface area contributed by atoms with Gasteiger partial charge < -0.3 is 20.1 Å². The van der Waals surface area contributed by atoms with Crippen LogP contribution in [0, 0.1) is 0 Å². The minimum absolute atomic E-state index is 0.0318. The number of morpholine rings is 1. The Morgan fingerprint density at radius 2 is 2.12 bits per heavy atom. The van der Waals surface area contributed by atoms with Gasteiger partial charge >= 0.3 is 0 Å². The van der Waals surface area contributed by atoms with E-state index < -0.39 is 6.10 Å². The summed E-state index contributed by atoms with van der Waals surface area (Å²) in [5.74, 6) is 0.148. The van der Waals surface area contributed by atoms with Gasteiger partial charge in [-0.1, -0.05) is 18.2 Å². The van der Waals surface area contributed by atoms with E-state index in [1.807, 2.05) is 30.0 Å². The van der Waals surface area contributed by atoms with Gasteiger partial charge in [0.1, 0.15) is 6.10 Å². The van der Waals surface area contributed by atoms with Crippen molar-refractivity contribution in [2.75, 3.05) is 32.8 Å². The second-order valence-electron chi connectivity index (χ2n) is 6.21. The first-order valence-corrected chi connectivity index (χ1v) is 9.20. The summed E-state index contributed by atoms with van der Waals surface area (Å²) in [5.41, 5.74) is 0. The largest absolute Gasteiger partial charge is 0.386 e. The average Bonchev–Trinajstić information content (AvgIpc) is 3.04. The van der Waals surface area contributed by atoms with Crippen molar-refractivity contribution in [3.05, 3.63) is 35.2 Å². The van der Waals surface area contributed by atoms with Gasteiger partial charge in [0.2, 0.25) is 5.91 Å². The van der Waals surface area contributed by atoms with Gasteiger partial charge in [0.05, 0.1) is 13.2 Å². The lowest BCUT2D eigenvalue weighted by atomic mass is 10.2. The van der Waals surface area contributed by atoms with Gasteiger partial charge in [-0.2, -0.15) is 0 Å². The highest BCUT2D eigenvalue weighted by Crippen LogP contribution is 2.29. The van der Waals surface area contributed by atoms with E-state index in [4.69, 9.17) is 4.74 Å². The number of thiophene rings is 1. The molecule has 1 fully saturated rings. The van der Waals surface area contributed by atoms with Crippen molar-refractivity contribution in [3.63, 3.8) is 0 Å². The van der Waals surface area contributed by atoms with E-state index in [2.05, 4.69) is 17.4 Å². The van der Waals surface area contributed by atoms with E-state index in [9.17, 15) is 9.90 Å². The number of aliphatic hydroxyl groups excluding tert-OH is 1. The van der Waals surface area contributed by atoms with Gasteiger partial charge in [-0.25, -0.2) is 0 Å². The molecular weight excluding hydrogens is 324 g/mol. The molecule has 5 nitrogen and oxygen atoms in total. The van der Waals surface area contributed by atoms with Crippen LogP contribution in [0.1, 0.15) is 24.3 Å². The van der Waals surface area contributed by atoms with Crippen LogP contribution in [0.25, 0.3) is 10.1 Å². The quantitative estimate of drug-likeness (QED) is 0.840. The number of nitrogens with zero attached hydrogens (tertiary/aromatic N) is 1. The number of hydrogen-bond donors (Lipinski definition) is 2. The maximum atomic E-state index is 12.2. The van der Waals surface area contributed by atoms with Crippen molar-refractivity contribution in [1.29, 1.82) is 0 Å². The lowest BCUT2D eigenvalue weighted by Crippen LogP contribution is -2.43. The summed E-state index contributed by atoms with van der Waals surface area (Å²) in [4.78, 5) is 15.0. The van der Waals surface area contributed by atoms with Crippen LogP contribution in [0.4, 0.5) is 0 Å². The van der Waals surface area contributed by atoms with Crippen LogP contribution in [-0.4, -0.2) is 54.8 Å². The van der Waals surface area contributed by atoms with Crippen molar-refractivity contribution in [2.45, 2.75) is 25.5 Å². The third kappa shape index (κ3) is 4.33. The van der Waals surface area contributed by atoms with Gasteiger partial charge in [0.25, 0.3) is 0 Å². The lowest BCUT2D eigenvalue weighted by Gasteiger charge is -2.28. The third-order valence-corrected chi connectivity index (χ3v) is 5.49. The number of nitrogens with one attached hydrogen (secondary N) is 1. The summed E-state index contributed by atoms with van der Waals surface area (Å²) in [6, 6.07) is 10.2. The summed E-state index contributed by atoms with van der Waals surface area (Å²) in [7, 11) is 0. The number of amides is 1. The maximum absolute atomic E-state index is 12.2. The molecule has 1 aliphatic rings. The van der Waals surface area contributed by atoms with Crippen LogP contribution in [0.15, 0.2) is 30.3 Å². The smallest absolute Gasteiger partial charge is 0.224 e. The minimum atomic E-state index is -0.552. The number of benzene rings is 1. The number of aliphatic hydroxyl groups is 1. The highest BCUT2D eigenvalue weighted by molar-refractivity contribution is 7.19. The molecule has 2 aromatic rings. The molecule has 0 bridgehead atoms. The number of ether oxygens (including phenoxy) is 1. The van der Waals surface area contributed by atoms with Crippen LogP contribution >= 0.6 is 11.3 Å². The topological polar surface area (TPSA) is 61.8 Å². The second kappa shape index (κ2) is 8.07. The van der Waals surface area contributed by atoms with E-state index in [1.165, 1.54) is 4.70 Å². The van der Waals surface area contributed by atoms with Gasteiger partial charge in [-0.3, -0.25) is 4.79 Å². The molecule has 0 saturated carbocycles. The van der Waals surface area contributed by atoms with Crippen LogP contribution in [0.2, 0.25) is 0 Å². The Bertz CT molecular complexity index is 649. The van der Waals surface area contributed by atoms with E-state index >= 15 is 0 Å². The highest BCUT2D eigenvalue weighted by atomic mass is 32.1. The lowest BCUT2D eigenvalue weighted by molar-refractivity contribution is -0.135. The summed E-state index contributed by atoms with van der Waals surface area (Å²) in [6.45, 7) is 5.03. The zero-order valence-electron chi connectivity index (χ0n) is 13.9. The molecule has 0 aliphatic carbocycles. The molecule has 1 aromatic carbocycles. The second-order valence-corrected chi connectivity index (χ2v) is 7.32. The summed E-state index contributed by atoms with van der Waals surface area (Å²) in [6.07, 6.45) is -0.109. The first-order valence-electron chi connectivity index (χ1n) is 8.39. The molecule has 1 amide bonds. The Morgan fingerprint density at radius 3 is 2.88 bits per heavy atom. The van der Waals surface area contributed by atoms with Gasteiger partial charge in [0.15, 0.2) is 0 Å². The molecule has 1 saturated heterocycles. The molecular formula is C18H24N2O3S. The average molecular weight is 348 g/mol. The predicted molar refractivity (Wildman–Crippen MR) is 96.3 cm³/mol. The van der Waals surface area contributed by atoms with Crippen molar-refractivity contribution < 1.29 is 14.6 Å². The Balaban J connectivity index is 1.48. The van der Waals surface area contributed by atoms with Crippen LogP contribution in [0.5, 0.6) is 0 Å². The van der Waals surface area contributed by atoms with E-state index in [0.29, 0.717) is 39.3 Å². The summed E-state index contributed by atoms with van der Waals surface area (Å²) >= 11 is 1.61. The molecule has 2 N–H and O–H groups in total. The molecule has 6 heteroatoms. The SMILES string of the molecule is CC(CC(=O)N1CCOCC1)NCC(O)c1cc2ccccc2s1. The van der Waals surface area contributed by atoms with Gasteiger partial charge in [-0.05, 0) is 24.4 Å². The molecule has 0 spiro atoms. The van der Waals surface area contributed by atoms with Crippen LogP contribution < -0.4 is 5.32 Å². The first kappa shape index (κ1) is 17.4. The predicted octanol–water partition coefficient (Wildman–Crippen LogP) is 2.16. The van der Waals surface area contributed by atoms with E-state index in [1.54, 1.807) is 11.3 Å². The van der Waals surface area contributed by atoms with Crippen LogP contribution in [-0.2, 0) is 9.53 Å². The molecule has 130 valence electrons. The molecule has 0 radical (unpaired) electrons. The van der Waals surface area contributed by atoms with Crippen molar-refractivity contribution in [1.82, 2.24) is 10.2 Å². The van der Waals surface area contributed by atoms with E-state index in [-0.39, 0.29) is 11.9 Å². The maximum Gasteiger partial charge on any atom is 0.224 e. The number of rotatable bonds is 6. The molecule has 2 atom stereocenters. The van der Waals surface area contributed by atoms with Crippen LogP contribution in [0.3, 0.4) is 0 Å². The molecule has 1 aliphatic heterocycles. The number of fused-ring (bicyclic) bond motifs is 1. The number of carbonyl (C=O) groups excluding carboxylic acids is 1. The summed E-state index contributed by atoms with van der Waals surface area (Å²) in [5, 5.41) is 14.8. The van der Waals surface area contributed by atoms with Crippen molar-refractivity contribution >= 4 is 27.3 Å². The van der Waals surface area contributed by atoms with Gasteiger partial charge in [0, 0.05) is 41.7 Å². The fourth-order valence-electron chi connectivity index (χ4n) is 2.86. The zero-order valence-corrected chi connectivity index (χ0v) is 14.7. The zero-order chi connectivity index (χ0) is 16.9. The van der Waals surface area contributed by atoms with Crippen molar-refractivity contribution in [2.24, 2.45) is 0 Å². The van der Waals surface area contributed by atoms with Crippen molar-refractivity contribution in [3.8, 4) is 0 Å². The number of hydrogen-bond acceptors (Lipinski definition) is 5. The Morgan fingerprint density at radius 1 is 1.38 bits per heavy atom. The number of carbonyl (C=O) groups is 1. The standard InChI is InChI=1S/C18H24N2O3S/c1-13(10-18(22)20-6-8-23-9-7-20)19-12-15(21)17-11-14-4-2-3-5-16(14)24-17/h2-5,11,13,15,19,21H,6-10,12H2,1H3. The highest BCUT2D eigenvalue weighted by Gasteiger charge is 2.19. The molecule has 2 unspecified atom stereocenters. The molecule has 3 rings (SSSR count). The monoisotopic (exact) mass is 348 g/mol. The molecule has 2 heterocycles. The Labute approximate surface area is 146 Å². The Kier molecular flexibility index (Phi) is 5.84. The Hall–Kier alpha value is -1.47. The minimum Gasteiger partial charge on any atom is -0.386 e. The summed E-state index contributed by atoms with van der Waals surface area (Å²) < 4.78 is 6.45. The van der Waals surface area contributed by atoms with E-state index in [0.717, 1.165) is 10.3 Å². The molecule has 24 heavy (non-hydrogen) atoms.